The minimum atomic E-state index is -1.04. The molecule has 0 bridgehead atoms. The van der Waals surface area contributed by atoms with E-state index >= 15 is 0 Å². The highest BCUT2D eigenvalue weighted by molar-refractivity contribution is 9.10. The van der Waals surface area contributed by atoms with Crippen LogP contribution in [0.5, 0.6) is 0 Å². The van der Waals surface area contributed by atoms with Crippen molar-refractivity contribution in [2.45, 2.75) is 18.6 Å². The van der Waals surface area contributed by atoms with Crippen molar-refractivity contribution in [3.63, 3.8) is 0 Å². The van der Waals surface area contributed by atoms with E-state index < -0.39 is 5.60 Å². The zero-order valence-corrected chi connectivity index (χ0v) is 13.4. The van der Waals surface area contributed by atoms with Gasteiger partial charge in [0, 0.05) is 4.47 Å². The van der Waals surface area contributed by atoms with Crippen LogP contribution in [0.1, 0.15) is 17.5 Å². The van der Waals surface area contributed by atoms with Crippen LogP contribution in [0, 0.1) is 0 Å². The minimum absolute atomic E-state index is 0.226. The van der Waals surface area contributed by atoms with Gasteiger partial charge in [0.2, 0.25) is 0 Å². The summed E-state index contributed by atoms with van der Waals surface area (Å²) in [6.45, 7) is 1.10. The van der Waals surface area contributed by atoms with Crippen molar-refractivity contribution in [2.75, 3.05) is 13.2 Å². The van der Waals surface area contributed by atoms with Crippen LogP contribution in [-0.2, 0) is 16.9 Å². The van der Waals surface area contributed by atoms with Crippen LogP contribution in [0.4, 0.5) is 0 Å². The maximum absolute atomic E-state index is 10.8. The lowest BCUT2D eigenvalue weighted by molar-refractivity contribution is -0.0602. The third kappa shape index (κ3) is 4.64. The van der Waals surface area contributed by atoms with E-state index in [9.17, 15) is 5.11 Å². The van der Waals surface area contributed by atoms with Gasteiger partial charge in [-0.1, -0.05) is 58.4 Å². The molecule has 4 heteroatoms. The Bertz CT molecular complexity index is 544. The van der Waals surface area contributed by atoms with Crippen molar-refractivity contribution in [1.29, 1.82) is 0 Å². The van der Waals surface area contributed by atoms with Crippen LogP contribution in [0.25, 0.3) is 0 Å². The van der Waals surface area contributed by atoms with Gasteiger partial charge in [-0.3, -0.25) is 0 Å². The molecule has 0 saturated carbocycles. The van der Waals surface area contributed by atoms with Crippen molar-refractivity contribution < 1.29 is 9.84 Å². The molecule has 2 aromatic carbocycles. The van der Waals surface area contributed by atoms with Gasteiger partial charge in [0.15, 0.2) is 0 Å². The molecule has 0 aliphatic rings. The molecule has 0 heterocycles. The second-order valence-corrected chi connectivity index (χ2v) is 5.97. The fraction of sp³-hybridized carbons (Fsp3) is 0.294. The molecule has 1 atom stereocenters. The number of rotatable bonds is 7. The highest BCUT2D eigenvalue weighted by Crippen LogP contribution is 2.25. The van der Waals surface area contributed by atoms with Crippen LogP contribution in [0.3, 0.4) is 0 Å². The molecule has 3 nitrogen and oxygen atoms in total. The van der Waals surface area contributed by atoms with Gasteiger partial charge in [0.25, 0.3) is 0 Å². The lowest BCUT2D eigenvalue weighted by Gasteiger charge is -2.28. The summed E-state index contributed by atoms with van der Waals surface area (Å²) in [5.41, 5.74) is 6.50. The van der Waals surface area contributed by atoms with E-state index in [1.54, 1.807) is 0 Å². The van der Waals surface area contributed by atoms with Gasteiger partial charge in [-0.05, 0) is 36.2 Å². The molecule has 2 aromatic rings. The third-order valence-corrected chi connectivity index (χ3v) is 3.92. The maximum atomic E-state index is 10.8. The van der Waals surface area contributed by atoms with Crippen LogP contribution in [0.2, 0.25) is 0 Å². The van der Waals surface area contributed by atoms with E-state index in [1.807, 2.05) is 54.6 Å². The number of nitrogens with two attached hydrogens (primary N) is 1. The molecule has 2 rings (SSSR count). The molecule has 0 aromatic heterocycles. The number of hydrogen-bond donors (Lipinski definition) is 2. The molecular weight excluding hydrogens is 330 g/mol. The highest BCUT2D eigenvalue weighted by Gasteiger charge is 2.28. The zero-order valence-electron chi connectivity index (χ0n) is 11.8. The standard InChI is InChI=1S/C17H20BrNO2/c18-16-8-6-14(7-9-16)12-21-13-17(20,10-11-19)15-4-2-1-3-5-15/h1-9,20H,10-13,19H2/t17-/m0/s1. The fourth-order valence-corrected chi connectivity index (χ4v) is 2.47. The van der Waals surface area contributed by atoms with E-state index in [2.05, 4.69) is 15.9 Å². The monoisotopic (exact) mass is 349 g/mol. The van der Waals surface area contributed by atoms with Gasteiger partial charge in [0.1, 0.15) is 5.60 Å². The summed E-state index contributed by atoms with van der Waals surface area (Å²) in [4.78, 5) is 0. The average molecular weight is 350 g/mol. The van der Waals surface area contributed by atoms with Gasteiger partial charge in [-0.15, -0.1) is 0 Å². The van der Waals surface area contributed by atoms with Crippen molar-refractivity contribution in [3.8, 4) is 0 Å². The minimum Gasteiger partial charge on any atom is -0.383 e. The molecule has 0 unspecified atom stereocenters. The first kappa shape index (κ1) is 16.2. The third-order valence-electron chi connectivity index (χ3n) is 3.39. The summed E-state index contributed by atoms with van der Waals surface area (Å²) in [6, 6.07) is 17.5. The molecule has 21 heavy (non-hydrogen) atoms. The second kappa shape index (κ2) is 7.71. The number of benzene rings is 2. The Morgan fingerprint density at radius 2 is 1.71 bits per heavy atom. The van der Waals surface area contributed by atoms with Gasteiger partial charge in [-0.25, -0.2) is 0 Å². The molecule has 0 radical (unpaired) electrons. The van der Waals surface area contributed by atoms with E-state index in [1.165, 1.54) is 0 Å². The normalized spacial score (nSPS) is 13.9. The Morgan fingerprint density at radius 3 is 2.33 bits per heavy atom. The molecule has 0 amide bonds. The van der Waals surface area contributed by atoms with Gasteiger partial charge < -0.3 is 15.6 Å². The summed E-state index contributed by atoms with van der Waals surface area (Å²) < 4.78 is 6.75. The second-order valence-electron chi connectivity index (χ2n) is 5.06. The molecule has 112 valence electrons. The predicted molar refractivity (Wildman–Crippen MR) is 87.8 cm³/mol. The first-order valence-corrected chi connectivity index (χ1v) is 7.73. The largest absolute Gasteiger partial charge is 0.383 e. The summed E-state index contributed by atoms with van der Waals surface area (Å²) in [6.07, 6.45) is 0.470. The van der Waals surface area contributed by atoms with Crippen LogP contribution in [-0.4, -0.2) is 18.3 Å². The van der Waals surface area contributed by atoms with E-state index in [4.69, 9.17) is 10.5 Å². The Kier molecular flexibility index (Phi) is 5.94. The molecular formula is C17H20BrNO2. The predicted octanol–water partition coefficient (Wildman–Crippen LogP) is 3.20. The first-order valence-electron chi connectivity index (χ1n) is 6.94. The molecule has 0 saturated heterocycles. The molecule has 0 spiro atoms. The lowest BCUT2D eigenvalue weighted by Crippen LogP contribution is -2.34. The summed E-state index contributed by atoms with van der Waals surface area (Å²) in [5, 5.41) is 10.8. The van der Waals surface area contributed by atoms with Crippen molar-refractivity contribution in [2.24, 2.45) is 5.73 Å². The lowest BCUT2D eigenvalue weighted by atomic mass is 9.91. The van der Waals surface area contributed by atoms with Crippen LogP contribution >= 0.6 is 15.9 Å². The van der Waals surface area contributed by atoms with Gasteiger partial charge in [0.05, 0.1) is 13.2 Å². The topological polar surface area (TPSA) is 55.5 Å². The zero-order chi connectivity index (χ0) is 15.1. The molecule has 0 fully saturated rings. The fourth-order valence-electron chi connectivity index (χ4n) is 2.21. The quantitative estimate of drug-likeness (QED) is 0.806. The number of aliphatic hydroxyl groups is 1. The maximum Gasteiger partial charge on any atom is 0.114 e. The van der Waals surface area contributed by atoms with Gasteiger partial charge >= 0.3 is 0 Å². The Labute approximate surface area is 133 Å². The van der Waals surface area contributed by atoms with E-state index in [0.717, 1.165) is 15.6 Å². The smallest absolute Gasteiger partial charge is 0.114 e. The highest BCUT2D eigenvalue weighted by atomic mass is 79.9. The Hall–Kier alpha value is -1.20. The summed E-state index contributed by atoms with van der Waals surface area (Å²) in [5.74, 6) is 0. The van der Waals surface area contributed by atoms with Crippen molar-refractivity contribution in [1.82, 2.24) is 0 Å². The summed E-state index contributed by atoms with van der Waals surface area (Å²) in [7, 11) is 0. The van der Waals surface area contributed by atoms with Crippen molar-refractivity contribution in [3.05, 3.63) is 70.2 Å². The average Bonchev–Trinajstić information content (AvgIpc) is 2.50. The summed E-state index contributed by atoms with van der Waals surface area (Å²) >= 11 is 3.40. The number of ether oxygens (including phenoxy) is 1. The van der Waals surface area contributed by atoms with Gasteiger partial charge in [-0.2, -0.15) is 0 Å². The van der Waals surface area contributed by atoms with E-state index in [0.29, 0.717) is 19.6 Å². The van der Waals surface area contributed by atoms with Crippen LogP contribution < -0.4 is 5.73 Å². The Balaban J connectivity index is 1.98. The molecule has 0 aliphatic carbocycles. The Morgan fingerprint density at radius 1 is 1.05 bits per heavy atom. The molecule has 0 aliphatic heterocycles. The SMILES string of the molecule is NCC[C@](O)(COCc1ccc(Br)cc1)c1ccccc1. The van der Waals surface area contributed by atoms with E-state index in [-0.39, 0.29) is 6.61 Å². The van der Waals surface area contributed by atoms with Crippen molar-refractivity contribution >= 4 is 15.9 Å². The first-order chi connectivity index (χ1) is 10.1. The number of hydrogen-bond acceptors (Lipinski definition) is 3. The molecule has 3 N–H and O–H groups in total. The number of halogens is 1. The van der Waals surface area contributed by atoms with Crippen LogP contribution in [0.15, 0.2) is 59.1 Å².